The standard InChI is InChI=1S/C10H11BrO3/c1-6-7(2-3-12)4-8-10(9(6)11)14-5-13-8/h4,12H,2-3,5H2,1H3. The maximum atomic E-state index is 8.90. The Kier molecular flexibility index (Phi) is 2.65. The van der Waals surface area contributed by atoms with E-state index in [9.17, 15) is 0 Å². The molecule has 4 heteroatoms. The average molecular weight is 259 g/mol. The van der Waals surface area contributed by atoms with Gasteiger partial charge in [0.1, 0.15) is 0 Å². The number of aliphatic hydroxyl groups excluding tert-OH is 1. The first kappa shape index (κ1) is 9.80. The Balaban J connectivity index is 2.49. The van der Waals surface area contributed by atoms with Gasteiger partial charge in [0, 0.05) is 6.61 Å². The van der Waals surface area contributed by atoms with Crippen molar-refractivity contribution in [3.63, 3.8) is 0 Å². The number of rotatable bonds is 2. The normalized spacial score (nSPS) is 13.4. The van der Waals surface area contributed by atoms with Gasteiger partial charge in [0.05, 0.1) is 4.47 Å². The maximum Gasteiger partial charge on any atom is 0.231 e. The molecule has 1 aromatic rings. The van der Waals surface area contributed by atoms with Crippen molar-refractivity contribution in [2.75, 3.05) is 13.4 Å². The lowest BCUT2D eigenvalue weighted by Crippen LogP contribution is -1.95. The first-order valence-corrected chi connectivity index (χ1v) is 5.21. The molecule has 14 heavy (non-hydrogen) atoms. The molecule has 3 nitrogen and oxygen atoms in total. The van der Waals surface area contributed by atoms with E-state index < -0.39 is 0 Å². The van der Waals surface area contributed by atoms with Gasteiger partial charge in [-0.15, -0.1) is 0 Å². The molecule has 0 aliphatic carbocycles. The summed E-state index contributed by atoms with van der Waals surface area (Å²) in [4.78, 5) is 0. The second-order valence-electron chi connectivity index (χ2n) is 3.18. The molecule has 0 saturated carbocycles. The first-order chi connectivity index (χ1) is 6.74. The fourth-order valence-corrected chi connectivity index (χ4v) is 2.09. The SMILES string of the molecule is Cc1c(CCO)cc2c(c1Br)OCO2. The zero-order valence-electron chi connectivity index (χ0n) is 7.84. The summed E-state index contributed by atoms with van der Waals surface area (Å²) in [5.41, 5.74) is 2.19. The van der Waals surface area contributed by atoms with Crippen molar-refractivity contribution in [1.29, 1.82) is 0 Å². The average Bonchev–Trinajstić information content (AvgIpc) is 2.62. The molecule has 0 radical (unpaired) electrons. The molecule has 0 saturated heterocycles. The molecule has 0 fully saturated rings. The van der Waals surface area contributed by atoms with Crippen LogP contribution in [0.25, 0.3) is 0 Å². The van der Waals surface area contributed by atoms with Crippen molar-refractivity contribution in [2.24, 2.45) is 0 Å². The molecule has 0 amide bonds. The van der Waals surface area contributed by atoms with E-state index >= 15 is 0 Å². The zero-order chi connectivity index (χ0) is 10.1. The Hall–Kier alpha value is -0.740. The Morgan fingerprint density at radius 1 is 1.50 bits per heavy atom. The molecular weight excluding hydrogens is 248 g/mol. The molecular formula is C10H11BrO3. The molecule has 0 spiro atoms. The molecule has 1 N–H and O–H groups in total. The van der Waals surface area contributed by atoms with Gasteiger partial charge >= 0.3 is 0 Å². The minimum atomic E-state index is 0.146. The van der Waals surface area contributed by atoms with Crippen LogP contribution >= 0.6 is 15.9 Å². The lowest BCUT2D eigenvalue weighted by molar-refractivity contribution is 0.173. The van der Waals surface area contributed by atoms with E-state index in [2.05, 4.69) is 15.9 Å². The van der Waals surface area contributed by atoms with Gasteiger partial charge in [-0.25, -0.2) is 0 Å². The molecule has 76 valence electrons. The summed E-state index contributed by atoms with van der Waals surface area (Å²) >= 11 is 3.47. The van der Waals surface area contributed by atoms with Crippen LogP contribution in [0.5, 0.6) is 11.5 Å². The van der Waals surface area contributed by atoms with Crippen LogP contribution in [0.15, 0.2) is 10.5 Å². The number of benzene rings is 1. The van der Waals surface area contributed by atoms with Crippen LogP contribution in [0, 0.1) is 6.92 Å². The predicted octanol–water partition coefficient (Wildman–Crippen LogP) is 2.02. The topological polar surface area (TPSA) is 38.7 Å². The lowest BCUT2D eigenvalue weighted by atomic mass is 10.1. The van der Waals surface area contributed by atoms with E-state index in [1.54, 1.807) is 0 Å². The Labute approximate surface area is 90.8 Å². The third-order valence-electron chi connectivity index (χ3n) is 2.34. The smallest absolute Gasteiger partial charge is 0.231 e. The monoisotopic (exact) mass is 258 g/mol. The van der Waals surface area contributed by atoms with E-state index in [4.69, 9.17) is 14.6 Å². The van der Waals surface area contributed by atoms with Gasteiger partial charge in [-0.2, -0.15) is 0 Å². The molecule has 2 rings (SSSR count). The summed E-state index contributed by atoms with van der Waals surface area (Å²) in [6.45, 7) is 2.42. The molecule has 0 aromatic heterocycles. The fraction of sp³-hybridized carbons (Fsp3) is 0.400. The van der Waals surface area contributed by atoms with E-state index in [1.165, 1.54) is 0 Å². The highest BCUT2D eigenvalue weighted by molar-refractivity contribution is 9.10. The highest BCUT2D eigenvalue weighted by Crippen LogP contribution is 2.42. The highest BCUT2D eigenvalue weighted by Gasteiger charge is 2.20. The summed E-state index contributed by atoms with van der Waals surface area (Å²) in [6.07, 6.45) is 0.640. The minimum absolute atomic E-state index is 0.146. The van der Waals surface area contributed by atoms with Gasteiger partial charge in [0.25, 0.3) is 0 Å². The van der Waals surface area contributed by atoms with Crippen molar-refractivity contribution in [1.82, 2.24) is 0 Å². The van der Waals surface area contributed by atoms with Gasteiger partial charge in [-0.05, 0) is 46.5 Å². The molecule has 1 aliphatic rings. The largest absolute Gasteiger partial charge is 0.454 e. The van der Waals surface area contributed by atoms with Crippen LogP contribution in [-0.4, -0.2) is 18.5 Å². The van der Waals surface area contributed by atoms with Crippen molar-refractivity contribution >= 4 is 15.9 Å². The van der Waals surface area contributed by atoms with E-state index in [0.717, 1.165) is 27.1 Å². The predicted molar refractivity (Wildman–Crippen MR) is 55.8 cm³/mol. The van der Waals surface area contributed by atoms with Gasteiger partial charge in [0.15, 0.2) is 11.5 Å². The van der Waals surface area contributed by atoms with Gasteiger partial charge in [-0.1, -0.05) is 0 Å². The quantitative estimate of drug-likeness (QED) is 0.883. The van der Waals surface area contributed by atoms with Gasteiger partial charge in [-0.3, -0.25) is 0 Å². The van der Waals surface area contributed by atoms with Crippen LogP contribution < -0.4 is 9.47 Å². The number of aliphatic hydroxyl groups is 1. The van der Waals surface area contributed by atoms with Gasteiger partial charge < -0.3 is 14.6 Å². The Bertz CT molecular complexity index is 363. The maximum absolute atomic E-state index is 8.90. The van der Waals surface area contributed by atoms with E-state index in [0.29, 0.717) is 6.42 Å². The number of hydrogen-bond acceptors (Lipinski definition) is 3. The van der Waals surface area contributed by atoms with Crippen molar-refractivity contribution in [3.05, 3.63) is 21.7 Å². The number of ether oxygens (including phenoxy) is 2. The second-order valence-corrected chi connectivity index (χ2v) is 3.98. The van der Waals surface area contributed by atoms with Gasteiger partial charge in [0.2, 0.25) is 6.79 Å². The summed E-state index contributed by atoms with van der Waals surface area (Å²) in [7, 11) is 0. The molecule has 1 aromatic carbocycles. The first-order valence-electron chi connectivity index (χ1n) is 4.42. The second kappa shape index (κ2) is 3.79. The number of halogens is 1. The summed E-state index contributed by atoms with van der Waals surface area (Å²) in [6, 6.07) is 1.93. The summed E-state index contributed by atoms with van der Waals surface area (Å²) < 4.78 is 11.5. The molecule has 0 unspecified atom stereocenters. The lowest BCUT2D eigenvalue weighted by Gasteiger charge is -2.08. The minimum Gasteiger partial charge on any atom is -0.454 e. The van der Waals surface area contributed by atoms with Crippen molar-refractivity contribution < 1.29 is 14.6 Å². The van der Waals surface area contributed by atoms with Crippen molar-refractivity contribution in [3.8, 4) is 11.5 Å². The number of fused-ring (bicyclic) bond motifs is 1. The Morgan fingerprint density at radius 2 is 2.29 bits per heavy atom. The third kappa shape index (κ3) is 1.48. The summed E-state index contributed by atoms with van der Waals surface area (Å²) in [5, 5.41) is 8.90. The van der Waals surface area contributed by atoms with Crippen LogP contribution in [0.3, 0.4) is 0 Å². The van der Waals surface area contributed by atoms with Crippen LogP contribution in [0.4, 0.5) is 0 Å². The highest BCUT2D eigenvalue weighted by atomic mass is 79.9. The summed E-state index contributed by atoms with van der Waals surface area (Å²) in [5.74, 6) is 1.52. The van der Waals surface area contributed by atoms with Crippen molar-refractivity contribution in [2.45, 2.75) is 13.3 Å². The van der Waals surface area contributed by atoms with E-state index in [1.807, 2.05) is 13.0 Å². The van der Waals surface area contributed by atoms with Crippen LogP contribution in [-0.2, 0) is 6.42 Å². The Morgan fingerprint density at radius 3 is 3.00 bits per heavy atom. The molecule has 0 atom stereocenters. The van der Waals surface area contributed by atoms with Crippen LogP contribution in [0.1, 0.15) is 11.1 Å². The van der Waals surface area contributed by atoms with E-state index in [-0.39, 0.29) is 13.4 Å². The third-order valence-corrected chi connectivity index (χ3v) is 3.29. The molecule has 1 aliphatic heterocycles. The molecule has 0 bridgehead atoms. The van der Waals surface area contributed by atoms with Crippen LogP contribution in [0.2, 0.25) is 0 Å². The number of hydrogen-bond donors (Lipinski definition) is 1. The zero-order valence-corrected chi connectivity index (χ0v) is 9.43. The molecule has 1 heterocycles. The fourth-order valence-electron chi connectivity index (χ4n) is 1.53.